The molecule has 26 heavy (non-hydrogen) atoms. The van der Waals surface area contributed by atoms with Crippen molar-refractivity contribution in [3.63, 3.8) is 0 Å². The lowest BCUT2D eigenvalue weighted by atomic mass is 10.1. The van der Waals surface area contributed by atoms with E-state index in [1.54, 1.807) is 57.7 Å². The van der Waals surface area contributed by atoms with Gasteiger partial charge in [0.1, 0.15) is 5.69 Å². The molecule has 1 heterocycles. The van der Waals surface area contributed by atoms with Gasteiger partial charge in [0.15, 0.2) is 11.5 Å². The quantitative estimate of drug-likeness (QED) is 0.801. The second kappa shape index (κ2) is 7.95. The smallest absolute Gasteiger partial charge is 0.355 e. The normalized spacial score (nSPS) is 10.4. The van der Waals surface area contributed by atoms with E-state index in [1.165, 1.54) is 7.11 Å². The van der Waals surface area contributed by atoms with Gasteiger partial charge in [-0.05, 0) is 38.5 Å². The number of benzene rings is 1. The number of rotatable bonds is 6. The zero-order valence-corrected chi connectivity index (χ0v) is 15.9. The number of amides is 1. The molecular formula is C19H24N2O5. The van der Waals surface area contributed by atoms with Gasteiger partial charge >= 0.3 is 5.97 Å². The van der Waals surface area contributed by atoms with E-state index in [9.17, 15) is 9.59 Å². The van der Waals surface area contributed by atoms with E-state index >= 15 is 0 Å². The van der Waals surface area contributed by atoms with Gasteiger partial charge in [0.25, 0.3) is 5.91 Å². The van der Waals surface area contributed by atoms with E-state index in [0.29, 0.717) is 39.7 Å². The van der Waals surface area contributed by atoms with Crippen LogP contribution in [0, 0.1) is 13.8 Å². The number of anilines is 1. The third-order valence-corrected chi connectivity index (χ3v) is 4.27. The molecule has 0 saturated heterocycles. The Morgan fingerprint density at radius 2 is 1.77 bits per heavy atom. The first kappa shape index (κ1) is 19.4. The highest BCUT2D eigenvalue weighted by Gasteiger charge is 2.25. The van der Waals surface area contributed by atoms with Gasteiger partial charge in [-0.3, -0.25) is 4.79 Å². The first-order chi connectivity index (χ1) is 12.3. The lowest BCUT2D eigenvalue weighted by molar-refractivity contribution is 0.0514. The summed E-state index contributed by atoms with van der Waals surface area (Å²) in [4.78, 5) is 25.0. The monoisotopic (exact) mass is 360 g/mol. The van der Waals surface area contributed by atoms with E-state index < -0.39 is 5.97 Å². The first-order valence-electron chi connectivity index (χ1n) is 8.22. The third kappa shape index (κ3) is 3.51. The van der Waals surface area contributed by atoms with Gasteiger partial charge in [0, 0.05) is 24.5 Å². The maximum absolute atomic E-state index is 12.8. The molecule has 7 nitrogen and oxygen atoms in total. The molecule has 0 bridgehead atoms. The Hall–Kier alpha value is -2.96. The maximum Gasteiger partial charge on any atom is 0.355 e. The highest BCUT2D eigenvalue weighted by atomic mass is 16.5. The Balaban J connectivity index is 2.36. The van der Waals surface area contributed by atoms with Crippen LogP contribution in [0.25, 0.3) is 0 Å². The summed E-state index contributed by atoms with van der Waals surface area (Å²) in [6, 6.07) is 5.11. The third-order valence-electron chi connectivity index (χ3n) is 4.27. The molecule has 0 radical (unpaired) electrons. The van der Waals surface area contributed by atoms with Crippen molar-refractivity contribution in [1.82, 2.24) is 4.57 Å². The number of carbonyl (C=O) groups excluding carboxylic acids is 2. The molecule has 140 valence electrons. The van der Waals surface area contributed by atoms with Gasteiger partial charge in [-0.15, -0.1) is 0 Å². The number of nitrogens with one attached hydrogen (secondary N) is 1. The van der Waals surface area contributed by atoms with Crippen molar-refractivity contribution in [3.05, 3.63) is 40.7 Å². The fraction of sp³-hybridized carbons (Fsp3) is 0.368. The van der Waals surface area contributed by atoms with Crippen molar-refractivity contribution in [2.45, 2.75) is 20.8 Å². The Bertz CT molecular complexity index is 839. The van der Waals surface area contributed by atoms with Gasteiger partial charge in [-0.1, -0.05) is 0 Å². The van der Waals surface area contributed by atoms with Gasteiger partial charge in [-0.2, -0.15) is 0 Å². The van der Waals surface area contributed by atoms with Crippen LogP contribution in [0.3, 0.4) is 0 Å². The lowest BCUT2D eigenvalue weighted by Gasteiger charge is -2.11. The van der Waals surface area contributed by atoms with E-state index in [0.717, 1.165) is 0 Å². The van der Waals surface area contributed by atoms with Crippen molar-refractivity contribution < 1.29 is 23.8 Å². The lowest BCUT2D eigenvalue weighted by Crippen LogP contribution is -2.14. The van der Waals surface area contributed by atoms with Crippen LogP contribution in [0.1, 0.15) is 39.0 Å². The zero-order valence-electron chi connectivity index (χ0n) is 15.9. The molecule has 0 aliphatic carbocycles. The highest BCUT2D eigenvalue weighted by Crippen LogP contribution is 2.30. The van der Waals surface area contributed by atoms with E-state index in [1.807, 2.05) is 0 Å². The summed E-state index contributed by atoms with van der Waals surface area (Å²) in [7, 11) is 4.81. The molecule has 0 unspecified atom stereocenters. The molecule has 1 aromatic heterocycles. The summed E-state index contributed by atoms with van der Waals surface area (Å²) in [5.41, 5.74) is 2.66. The maximum atomic E-state index is 12.8. The molecule has 0 saturated carbocycles. The summed E-state index contributed by atoms with van der Waals surface area (Å²) in [6.45, 7) is 5.55. The summed E-state index contributed by atoms with van der Waals surface area (Å²) in [6.07, 6.45) is 0. The van der Waals surface area contributed by atoms with Crippen molar-refractivity contribution >= 4 is 17.6 Å². The minimum absolute atomic E-state index is 0.273. The number of hydrogen-bond donors (Lipinski definition) is 1. The zero-order chi connectivity index (χ0) is 19.4. The summed E-state index contributed by atoms with van der Waals surface area (Å²) in [5.74, 6) is 0.334. The van der Waals surface area contributed by atoms with Crippen LogP contribution in [0.4, 0.5) is 5.69 Å². The average Bonchev–Trinajstić information content (AvgIpc) is 2.84. The molecule has 0 spiro atoms. The highest BCUT2D eigenvalue weighted by molar-refractivity contribution is 6.08. The number of methoxy groups -OCH3 is 2. The summed E-state index contributed by atoms with van der Waals surface area (Å²) >= 11 is 0. The molecule has 0 fully saturated rings. The number of hydrogen-bond acceptors (Lipinski definition) is 5. The average molecular weight is 360 g/mol. The van der Waals surface area contributed by atoms with Gasteiger partial charge in [0.05, 0.1) is 26.4 Å². The van der Waals surface area contributed by atoms with Crippen LogP contribution in [-0.4, -0.2) is 37.3 Å². The number of carbonyl (C=O) groups is 2. The number of aromatic nitrogens is 1. The SMILES string of the molecule is CCOC(=O)c1c(C)c(C(=O)Nc2ccc(OC)c(OC)c2)c(C)n1C. The Kier molecular flexibility index (Phi) is 5.92. The molecule has 1 aromatic carbocycles. The van der Waals surface area contributed by atoms with Crippen LogP contribution >= 0.6 is 0 Å². The molecule has 2 aromatic rings. The Labute approximate surface area is 152 Å². The van der Waals surface area contributed by atoms with Crippen molar-refractivity contribution in [2.75, 3.05) is 26.1 Å². The van der Waals surface area contributed by atoms with Crippen molar-refractivity contribution in [2.24, 2.45) is 7.05 Å². The van der Waals surface area contributed by atoms with E-state index in [2.05, 4.69) is 5.32 Å². The topological polar surface area (TPSA) is 78.8 Å². The number of nitrogens with zero attached hydrogens (tertiary/aromatic N) is 1. The predicted octanol–water partition coefficient (Wildman–Crippen LogP) is 3.09. The van der Waals surface area contributed by atoms with Gasteiger partial charge in [0.2, 0.25) is 0 Å². The second-order valence-corrected chi connectivity index (χ2v) is 5.74. The number of esters is 1. The Morgan fingerprint density at radius 1 is 1.12 bits per heavy atom. The largest absolute Gasteiger partial charge is 0.493 e. The second-order valence-electron chi connectivity index (χ2n) is 5.74. The van der Waals surface area contributed by atoms with Gasteiger partial charge in [-0.25, -0.2) is 4.79 Å². The summed E-state index contributed by atoms with van der Waals surface area (Å²) < 4.78 is 17.2. The molecule has 1 amide bonds. The fourth-order valence-electron chi connectivity index (χ4n) is 2.91. The standard InChI is InChI=1S/C19H24N2O5/c1-7-26-19(23)17-11(2)16(12(3)21(17)4)18(22)20-13-8-9-14(24-5)15(10-13)25-6/h8-10H,7H2,1-6H3,(H,20,22). The minimum Gasteiger partial charge on any atom is -0.493 e. The van der Waals surface area contributed by atoms with Crippen molar-refractivity contribution in [3.8, 4) is 11.5 Å². The van der Waals surface area contributed by atoms with Crippen LogP contribution in [-0.2, 0) is 11.8 Å². The Morgan fingerprint density at radius 3 is 2.35 bits per heavy atom. The number of ether oxygens (including phenoxy) is 3. The molecule has 0 aliphatic rings. The van der Waals surface area contributed by atoms with E-state index in [-0.39, 0.29) is 12.5 Å². The van der Waals surface area contributed by atoms with Crippen LogP contribution in [0.2, 0.25) is 0 Å². The van der Waals surface area contributed by atoms with Crippen LogP contribution in [0.15, 0.2) is 18.2 Å². The van der Waals surface area contributed by atoms with Gasteiger partial charge < -0.3 is 24.1 Å². The van der Waals surface area contributed by atoms with E-state index in [4.69, 9.17) is 14.2 Å². The molecule has 0 atom stereocenters. The molecule has 7 heteroatoms. The molecule has 0 aliphatic heterocycles. The molecule has 1 N–H and O–H groups in total. The van der Waals surface area contributed by atoms with Crippen LogP contribution in [0.5, 0.6) is 11.5 Å². The van der Waals surface area contributed by atoms with Crippen LogP contribution < -0.4 is 14.8 Å². The molecule has 2 rings (SSSR count). The van der Waals surface area contributed by atoms with Crippen molar-refractivity contribution in [1.29, 1.82) is 0 Å². The summed E-state index contributed by atoms with van der Waals surface area (Å²) in [5, 5.41) is 2.84. The predicted molar refractivity (Wildman–Crippen MR) is 98.3 cm³/mol. The molecular weight excluding hydrogens is 336 g/mol. The fourth-order valence-corrected chi connectivity index (χ4v) is 2.91. The first-order valence-corrected chi connectivity index (χ1v) is 8.22. The minimum atomic E-state index is -0.444.